The Morgan fingerprint density at radius 3 is 2.38 bits per heavy atom. The molecule has 7 nitrogen and oxygen atoms in total. The molecule has 1 aliphatic heterocycles. The summed E-state index contributed by atoms with van der Waals surface area (Å²) < 4.78 is 7.11. The minimum absolute atomic E-state index is 0.0128. The second-order valence-corrected chi connectivity index (χ2v) is 6.26. The number of rotatable bonds is 5. The molecule has 2 heterocycles. The highest BCUT2D eigenvalue weighted by Crippen LogP contribution is 2.13. The molecule has 0 unspecified atom stereocenters. The fourth-order valence-corrected chi connectivity index (χ4v) is 2.86. The summed E-state index contributed by atoms with van der Waals surface area (Å²) in [5, 5.41) is 0. The van der Waals surface area contributed by atoms with Gasteiger partial charge in [0, 0.05) is 49.8 Å². The van der Waals surface area contributed by atoms with Gasteiger partial charge in [0.15, 0.2) is 0 Å². The number of hydrogen-bond acceptors (Lipinski definition) is 4. The third-order valence-corrected chi connectivity index (χ3v) is 4.47. The second-order valence-electron chi connectivity index (χ2n) is 6.26. The summed E-state index contributed by atoms with van der Waals surface area (Å²) in [6.07, 6.45) is 6.88. The van der Waals surface area contributed by atoms with Gasteiger partial charge in [0.1, 0.15) is 0 Å². The maximum atomic E-state index is 12.7. The highest BCUT2D eigenvalue weighted by atomic mass is 16.6. The third-order valence-electron chi connectivity index (χ3n) is 4.47. The number of nitrogens with zero attached hydrogens (tertiary/aromatic N) is 4. The van der Waals surface area contributed by atoms with Gasteiger partial charge in [0.25, 0.3) is 5.91 Å². The van der Waals surface area contributed by atoms with Crippen LogP contribution in [0.3, 0.4) is 0 Å². The zero-order valence-electron chi connectivity index (χ0n) is 15.0. The maximum absolute atomic E-state index is 12.7. The number of hydrogen-bond donors (Lipinski definition) is 0. The molecular weight excluding hydrogens is 332 g/mol. The molecule has 0 N–H and O–H groups in total. The van der Waals surface area contributed by atoms with E-state index in [0.29, 0.717) is 38.3 Å². The fourth-order valence-electron chi connectivity index (χ4n) is 2.86. The van der Waals surface area contributed by atoms with Gasteiger partial charge in [0.05, 0.1) is 12.9 Å². The van der Waals surface area contributed by atoms with Crippen LogP contribution in [0.15, 0.2) is 43.0 Å². The van der Waals surface area contributed by atoms with Crippen LogP contribution in [0.2, 0.25) is 0 Å². The van der Waals surface area contributed by atoms with E-state index in [-0.39, 0.29) is 12.0 Å². The van der Waals surface area contributed by atoms with Crippen molar-refractivity contribution in [1.82, 2.24) is 19.4 Å². The normalized spacial score (nSPS) is 14.3. The standard InChI is InChI=1S/C19H24N4O3/c1-2-3-14-26-19(25)22-12-10-21(11-13-22)18(24)16-4-6-17(7-5-16)23-9-8-20-15-23/h4-9,15H,2-3,10-14H2,1H3. The zero-order valence-corrected chi connectivity index (χ0v) is 15.0. The Kier molecular flexibility index (Phi) is 5.88. The number of carbonyl (C=O) groups excluding carboxylic acids is 2. The van der Waals surface area contributed by atoms with Gasteiger partial charge in [0.2, 0.25) is 0 Å². The van der Waals surface area contributed by atoms with Crippen LogP contribution in [-0.4, -0.2) is 64.1 Å². The van der Waals surface area contributed by atoms with E-state index >= 15 is 0 Å². The van der Waals surface area contributed by atoms with E-state index in [4.69, 9.17) is 4.74 Å². The lowest BCUT2D eigenvalue weighted by molar-refractivity contribution is 0.0557. The molecule has 1 aromatic heterocycles. The van der Waals surface area contributed by atoms with Crippen LogP contribution in [0.5, 0.6) is 0 Å². The monoisotopic (exact) mass is 356 g/mol. The van der Waals surface area contributed by atoms with Crippen LogP contribution in [0, 0.1) is 0 Å². The molecule has 138 valence electrons. The van der Waals surface area contributed by atoms with Crippen molar-refractivity contribution >= 4 is 12.0 Å². The molecule has 1 fully saturated rings. The van der Waals surface area contributed by atoms with Gasteiger partial charge in [-0.1, -0.05) is 13.3 Å². The topological polar surface area (TPSA) is 67.7 Å². The van der Waals surface area contributed by atoms with E-state index in [2.05, 4.69) is 11.9 Å². The van der Waals surface area contributed by atoms with Crippen LogP contribution >= 0.6 is 0 Å². The summed E-state index contributed by atoms with van der Waals surface area (Å²) in [5.74, 6) is -0.0128. The van der Waals surface area contributed by atoms with E-state index in [0.717, 1.165) is 18.5 Å². The average Bonchev–Trinajstić information content (AvgIpc) is 3.23. The molecule has 2 aromatic rings. The third kappa shape index (κ3) is 4.22. The predicted molar refractivity (Wildman–Crippen MR) is 97.3 cm³/mol. The van der Waals surface area contributed by atoms with Crippen molar-refractivity contribution in [1.29, 1.82) is 0 Å². The molecule has 0 radical (unpaired) electrons. The molecule has 1 aliphatic rings. The predicted octanol–water partition coefficient (Wildman–Crippen LogP) is 2.57. The van der Waals surface area contributed by atoms with Crippen molar-refractivity contribution in [3.63, 3.8) is 0 Å². The summed E-state index contributed by atoms with van der Waals surface area (Å²) in [4.78, 5) is 32.1. The van der Waals surface area contributed by atoms with Gasteiger partial charge in [-0.2, -0.15) is 0 Å². The van der Waals surface area contributed by atoms with Gasteiger partial charge >= 0.3 is 6.09 Å². The quantitative estimate of drug-likeness (QED) is 0.772. The molecule has 7 heteroatoms. The first kappa shape index (κ1) is 18.0. The lowest BCUT2D eigenvalue weighted by Gasteiger charge is -2.34. The Hall–Kier alpha value is -2.83. The Balaban J connectivity index is 1.53. The molecule has 0 saturated carbocycles. The Bertz CT molecular complexity index is 720. The van der Waals surface area contributed by atoms with Gasteiger partial charge in [-0.15, -0.1) is 0 Å². The lowest BCUT2D eigenvalue weighted by Crippen LogP contribution is -2.50. The van der Waals surface area contributed by atoms with E-state index in [9.17, 15) is 9.59 Å². The summed E-state index contributed by atoms with van der Waals surface area (Å²) in [7, 11) is 0. The molecule has 0 bridgehead atoms. The summed E-state index contributed by atoms with van der Waals surface area (Å²) >= 11 is 0. The number of benzene rings is 1. The average molecular weight is 356 g/mol. The van der Waals surface area contributed by atoms with E-state index < -0.39 is 0 Å². The van der Waals surface area contributed by atoms with Crippen molar-refractivity contribution in [2.24, 2.45) is 0 Å². The molecule has 0 aliphatic carbocycles. The number of ether oxygens (including phenoxy) is 1. The Morgan fingerprint density at radius 2 is 1.77 bits per heavy atom. The number of piperazine rings is 1. The second kappa shape index (κ2) is 8.51. The van der Waals surface area contributed by atoms with E-state index in [1.54, 1.807) is 22.3 Å². The summed E-state index contributed by atoms with van der Waals surface area (Å²) in [6, 6.07) is 7.44. The maximum Gasteiger partial charge on any atom is 0.409 e. The Labute approximate surface area is 153 Å². The summed E-state index contributed by atoms with van der Waals surface area (Å²) in [6.45, 7) is 4.56. The van der Waals surface area contributed by atoms with Gasteiger partial charge in [-0.25, -0.2) is 9.78 Å². The van der Waals surface area contributed by atoms with E-state index in [1.165, 1.54) is 0 Å². The number of aromatic nitrogens is 2. The van der Waals surface area contributed by atoms with Crippen molar-refractivity contribution in [2.45, 2.75) is 19.8 Å². The first-order valence-corrected chi connectivity index (χ1v) is 8.98. The van der Waals surface area contributed by atoms with Crippen LogP contribution in [0.25, 0.3) is 5.69 Å². The van der Waals surface area contributed by atoms with Crippen molar-refractivity contribution < 1.29 is 14.3 Å². The van der Waals surface area contributed by atoms with Crippen LogP contribution in [0.1, 0.15) is 30.1 Å². The molecule has 0 spiro atoms. The fraction of sp³-hybridized carbons (Fsp3) is 0.421. The molecule has 26 heavy (non-hydrogen) atoms. The highest BCUT2D eigenvalue weighted by Gasteiger charge is 2.25. The first-order chi connectivity index (χ1) is 12.7. The molecule has 0 atom stereocenters. The zero-order chi connectivity index (χ0) is 18.4. The largest absolute Gasteiger partial charge is 0.449 e. The number of amides is 2. The smallest absolute Gasteiger partial charge is 0.409 e. The minimum Gasteiger partial charge on any atom is -0.449 e. The number of carbonyl (C=O) groups is 2. The number of imidazole rings is 1. The van der Waals surface area contributed by atoms with Crippen molar-refractivity contribution in [3.8, 4) is 5.69 Å². The van der Waals surface area contributed by atoms with Crippen molar-refractivity contribution in [3.05, 3.63) is 48.5 Å². The summed E-state index contributed by atoms with van der Waals surface area (Å²) in [5.41, 5.74) is 1.60. The highest BCUT2D eigenvalue weighted by molar-refractivity contribution is 5.94. The molecule has 1 aromatic carbocycles. The Morgan fingerprint density at radius 1 is 1.08 bits per heavy atom. The van der Waals surface area contributed by atoms with Gasteiger partial charge in [-0.3, -0.25) is 4.79 Å². The van der Waals surface area contributed by atoms with Crippen LogP contribution in [0.4, 0.5) is 4.79 Å². The van der Waals surface area contributed by atoms with Gasteiger partial charge in [-0.05, 0) is 30.7 Å². The SMILES string of the molecule is CCCCOC(=O)N1CCN(C(=O)c2ccc(-n3ccnc3)cc2)CC1. The van der Waals surface area contributed by atoms with Crippen LogP contribution < -0.4 is 0 Å². The van der Waals surface area contributed by atoms with E-state index in [1.807, 2.05) is 35.0 Å². The lowest BCUT2D eigenvalue weighted by atomic mass is 10.1. The molecule has 3 rings (SSSR count). The molecule has 2 amide bonds. The molecule has 1 saturated heterocycles. The minimum atomic E-state index is -0.282. The first-order valence-electron chi connectivity index (χ1n) is 8.98. The van der Waals surface area contributed by atoms with Gasteiger partial charge < -0.3 is 19.1 Å². The number of unbranched alkanes of at least 4 members (excludes halogenated alkanes) is 1. The van der Waals surface area contributed by atoms with Crippen molar-refractivity contribution in [2.75, 3.05) is 32.8 Å². The van der Waals surface area contributed by atoms with Crippen LogP contribution in [-0.2, 0) is 4.74 Å². The molecular formula is C19H24N4O3.